The molecule has 0 aromatic rings. The van der Waals surface area contributed by atoms with E-state index in [0.29, 0.717) is 6.10 Å². The van der Waals surface area contributed by atoms with Gasteiger partial charge in [0, 0.05) is 26.7 Å². The van der Waals surface area contributed by atoms with Gasteiger partial charge in [-0.3, -0.25) is 0 Å². The molecule has 2 nitrogen and oxygen atoms in total. The van der Waals surface area contributed by atoms with Crippen LogP contribution in [0.4, 0.5) is 0 Å². The lowest BCUT2D eigenvalue weighted by atomic mass is 9.77. The number of nitrogens with zero attached hydrogens (tertiary/aromatic N) is 1. The summed E-state index contributed by atoms with van der Waals surface area (Å²) in [6.07, 6.45) is 7.57. The molecule has 1 aliphatic heterocycles. The zero-order valence-corrected chi connectivity index (χ0v) is 13.8. The Balaban J connectivity index is 0.000000861. The van der Waals surface area contributed by atoms with Crippen LogP contribution in [0, 0.1) is 17.8 Å². The molecular formula is C17H35NO. The minimum absolute atomic E-state index is 0.502. The zero-order valence-electron chi connectivity index (χ0n) is 13.8. The average Bonchev–Trinajstić information content (AvgIpc) is 2.89. The largest absolute Gasteiger partial charge is 0.380 e. The molecule has 2 rings (SSSR count). The molecule has 1 saturated carbocycles. The molecule has 1 saturated heterocycles. The average molecular weight is 269 g/mol. The summed E-state index contributed by atoms with van der Waals surface area (Å²) >= 11 is 0. The van der Waals surface area contributed by atoms with Gasteiger partial charge < -0.3 is 9.64 Å². The number of hydrogen-bond donors (Lipinski definition) is 0. The van der Waals surface area contributed by atoms with Crippen molar-refractivity contribution in [3.05, 3.63) is 0 Å². The maximum atomic E-state index is 5.44. The number of rotatable bonds is 4. The van der Waals surface area contributed by atoms with Crippen LogP contribution in [0.1, 0.15) is 59.8 Å². The third-order valence-electron chi connectivity index (χ3n) is 4.91. The first-order chi connectivity index (χ1) is 9.19. The van der Waals surface area contributed by atoms with E-state index in [4.69, 9.17) is 4.74 Å². The molecule has 2 aliphatic rings. The van der Waals surface area contributed by atoms with Crippen molar-refractivity contribution in [2.75, 3.05) is 26.7 Å². The van der Waals surface area contributed by atoms with Gasteiger partial charge in [0.25, 0.3) is 0 Å². The standard InChI is InChI=1S/C15H29NO.C2H6/c1-12(2)14-6-4-13(5-7-14)10-16-9-8-15(11-16)17-3;1-2/h12-15H,4-11H2,1-3H3;1-2H3/t13?,14?,15-;/m0./s1. The second-order valence-corrected chi connectivity index (χ2v) is 6.43. The lowest BCUT2D eigenvalue weighted by Crippen LogP contribution is -2.31. The molecule has 2 heteroatoms. The van der Waals surface area contributed by atoms with Gasteiger partial charge in [-0.2, -0.15) is 0 Å². The first kappa shape index (κ1) is 17.0. The minimum Gasteiger partial charge on any atom is -0.380 e. The molecular weight excluding hydrogens is 234 g/mol. The maximum absolute atomic E-state index is 5.44. The van der Waals surface area contributed by atoms with Crippen LogP contribution in [0.3, 0.4) is 0 Å². The molecule has 0 bridgehead atoms. The van der Waals surface area contributed by atoms with Crippen molar-refractivity contribution >= 4 is 0 Å². The smallest absolute Gasteiger partial charge is 0.0710 e. The molecule has 0 aromatic heterocycles. The van der Waals surface area contributed by atoms with Crippen LogP contribution in [0.5, 0.6) is 0 Å². The van der Waals surface area contributed by atoms with E-state index >= 15 is 0 Å². The highest BCUT2D eigenvalue weighted by Gasteiger charge is 2.27. The Bertz CT molecular complexity index is 221. The fourth-order valence-electron chi connectivity index (χ4n) is 3.56. The second-order valence-electron chi connectivity index (χ2n) is 6.43. The molecule has 0 aromatic carbocycles. The molecule has 19 heavy (non-hydrogen) atoms. The van der Waals surface area contributed by atoms with E-state index in [0.717, 1.165) is 17.8 Å². The van der Waals surface area contributed by atoms with Crippen LogP contribution in [0.15, 0.2) is 0 Å². The Labute approximate surface area is 120 Å². The van der Waals surface area contributed by atoms with Gasteiger partial charge in [-0.25, -0.2) is 0 Å². The summed E-state index contributed by atoms with van der Waals surface area (Å²) < 4.78 is 5.44. The van der Waals surface area contributed by atoms with Gasteiger partial charge in [-0.15, -0.1) is 0 Å². The normalized spacial score (nSPS) is 32.2. The van der Waals surface area contributed by atoms with Crippen LogP contribution in [0.25, 0.3) is 0 Å². The first-order valence-corrected chi connectivity index (χ1v) is 8.44. The van der Waals surface area contributed by atoms with Gasteiger partial charge in [-0.1, -0.05) is 27.7 Å². The summed E-state index contributed by atoms with van der Waals surface area (Å²) in [6, 6.07) is 0. The van der Waals surface area contributed by atoms with Crippen molar-refractivity contribution < 1.29 is 4.74 Å². The van der Waals surface area contributed by atoms with Crippen LogP contribution in [-0.4, -0.2) is 37.7 Å². The van der Waals surface area contributed by atoms with Gasteiger partial charge in [0.15, 0.2) is 0 Å². The van der Waals surface area contributed by atoms with Gasteiger partial charge in [-0.05, 0) is 49.9 Å². The quantitative estimate of drug-likeness (QED) is 0.758. The van der Waals surface area contributed by atoms with Crippen molar-refractivity contribution in [2.24, 2.45) is 17.8 Å². The van der Waals surface area contributed by atoms with Crippen molar-refractivity contribution in [3.8, 4) is 0 Å². The van der Waals surface area contributed by atoms with E-state index in [2.05, 4.69) is 18.7 Å². The topological polar surface area (TPSA) is 12.5 Å². The summed E-state index contributed by atoms with van der Waals surface area (Å²) in [5.41, 5.74) is 0. The highest BCUT2D eigenvalue weighted by molar-refractivity contribution is 4.81. The van der Waals surface area contributed by atoms with Crippen molar-refractivity contribution in [1.29, 1.82) is 0 Å². The summed E-state index contributed by atoms with van der Waals surface area (Å²) in [4.78, 5) is 2.62. The van der Waals surface area contributed by atoms with Crippen molar-refractivity contribution in [3.63, 3.8) is 0 Å². The summed E-state index contributed by atoms with van der Waals surface area (Å²) in [5.74, 6) is 2.85. The molecule has 0 radical (unpaired) electrons. The van der Waals surface area contributed by atoms with Gasteiger partial charge >= 0.3 is 0 Å². The highest BCUT2D eigenvalue weighted by Crippen LogP contribution is 2.34. The van der Waals surface area contributed by atoms with E-state index < -0.39 is 0 Å². The Morgan fingerprint density at radius 2 is 1.68 bits per heavy atom. The Morgan fingerprint density at radius 1 is 1.05 bits per heavy atom. The van der Waals surface area contributed by atoms with Crippen molar-refractivity contribution in [2.45, 2.75) is 65.9 Å². The Morgan fingerprint density at radius 3 is 2.16 bits per heavy atom. The molecule has 1 atom stereocenters. The third kappa shape index (κ3) is 5.43. The number of likely N-dealkylation sites (tertiary alicyclic amines) is 1. The fourth-order valence-corrected chi connectivity index (χ4v) is 3.56. The highest BCUT2D eigenvalue weighted by atomic mass is 16.5. The molecule has 0 spiro atoms. The fraction of sp³-hybridized carbons (Fsp3) is 1.00. The van der Waals surface area contributed by atoms with E-state index in [9.17, 15) is 0 Å². The van der Waals surface area contributed by atoms with Gasteiger partial charge in [0.05, 0.1) is 6.10 Å². The SMILES string of the molecule is CC.CO[C@H]1CCN(CC2CCC(C(C)C)CC2)C1. The molecule has 1 aliphatic carbocycles. The van der Waals surface area contributed by atoms with E-state index in [1.54, 1.807) is 0 Å². The number of hydrogen-bond acceptors (Lipinski definition) is 2. The molecule has 114 valence electrons. The molecule has 0 unspecified atom stereocenters. The minimum atomic E-state index is 0.502. The van der Waals surface area contributed by atoms with Crippen molar-refractivity contribution in [1.82, 2.24) is 4.90 Å². The molecule has 0 N–H and O–H groups in total. The second kappa shape index (κ2) is 8.97. The van der Waals surface area contributed by atoms with E-state index in [1.165, 1.54) is 51.7 Å². The van der Waals surface area contributed by atoms with E-state index in [1.807, 2.05) is 21.0 Å². The third-order valence-corrected chi connectivity index (χ3v) is 4.91. The van der Waals surface area contributed by atoms with Crippen LogP contribution < -0.4 is 0 Å². The summed E-state index contributed by atoms with van der Waals surface area (Å²) in [6.45, 7) is 12.5. The van der Waals surface area contributed by atoms with Crippen LogP contribution in [0.2, 0.25) is 0 Å². The number of ether oxygens (including phenoxy) is 1. The molecule has 2 fully saturated rings. The van der Waals surface area contributed by atoms with Crippen LogP contribution in [-0.2, 0) is 4.74 Å². The van der Waals surface area contributed by atoms with Crippen LogP contribution >= 0.6 is 0 Å². The lowest BCUT2D eigenvalue weighted by Gasteiger charge is -2.33. The monoisotopic (exact) mass is 269 g/mol. The zero-order chi connectivity index (χ0) is 14.3. The Kier molecular flexibility index (Phi) is 8.01. The maximum Gasteiger partial charge on any atom is 0.0710 e. The molecule has 1 heterocycles. The first-order valence-electron chi connectivity index (χ1n) is 8.44. The van der Waals surface area contributed by atoms with E-state index in [-0.39, 0.29) is 0 Å². The van der Waals surface area contributed by atoms with Gasteiger partial charge in [0.1, 0.15) is 0 Å². The summed E-state index contributed by atoms with van der Waals surface area (Å²) in [5, 5.41) is 0. The lowest BCUT2D eigenvalue weighted by molar-refractivity contribution is 0.102. The predicted molar refractivity (Wildman–Crippen MR) is 83.5 cm³/mol. The van der Waals surface area contributed by atoms with Gasteiger partial charge in [0.2, 0.25) is 0 Å². The predicted octanol–water partition coefficient (Wildman–Crippen LogP) is 4.20. The Hall–Kier alpha value is -0.0800. The molecule has 0 amide bonds. The summed E-state index contributed by atoms with van der Waals surface area (Å²) in [7, 11) is 1.85. The number of methoxy groups -OCH3 is 1.